The Kier molecular flexibility index (Phi) is 11.7. The molecule has 0 bridgehead atoms. The molecule has 0 aliphatic rings. The third-order valence-corrected chi connectivity index (χ3v) is 13.9. The molecular formula is C20H16F6Hg2O6. The molecule has 2 rings (SSSR count). The molecule has 2 atom stereocenters. The Hall–Kier alpha value is -1.25. The van der Waals surface area contributed by atoms with Crippen LogP contribution >= 0.6 is 0 Å². The first-order chi connectivity index (χ1) is 16.0. The predicted molar refractivity (Wildman–Crippen MR) is 94.4 cm³/mol. The topological polar surface area (TPSA) is 71.1 Å². The van der Waals surface area contributed by atoms with Gasteiger partial charge in [-0.05, 0) is 0 Å². The van der Waals surface area contributed by atoms with Crippen LogP contribution in [0.1, 0.15) is 23.3 Å². The summed E-state index contributed by atoms with van der Waals surface area (Å²) >= 11 is -5.69. The minimum atomic E-state index is -5.08. The molecule has 34 heavy (non-hydrogen) atoms. The van der Waals surface area contributed by atoms with Crippen molar-refractivity contribution >= 4 is 11.9 Å². The van der Waals surface area contributed by atoms with E-state index >= 15 is 0 Å². The number of hydrogen-bond acceptors (Lipinski definition) is 6. The van der Waals surface area contributed by atoms with E-state index in [0.717, 1.165) is 0 Å². The van der Waals surface area contributed by atoms with Gasteiger partial charge in [0.25, 0.3) is 0 Å². The molecule has 0 amide bonds. The van der Waals surface area contributed by atoms with E-state index in [-0.39, 0.29) is 7.86 Å². The van der Waals surface area contributed by atoms with Gasteiger partial charge in [-0.15, -0.1) is 0 Å². The third-order valence-electron chi connectivity index (χ3n) is 4.32. The van der Waals surface area contributed by atoms with Gasteiger partial charge in [-0.2, -0.15) is 0 Å². The van der Waals surface area contributed by atoms with Crippen LogP contribution < -0.4 is 0 Å². The van der Waals surface area contributed by atoms with Crippen molar-refractivity contribution in [3.8, 4) is 0 Å². The molecule has 0 spiro atoms. The molecule has 14 heteroatoms. The van der Waals surface area contributed by atoms with Crippen LogP contribution in [0.5, 0.6) is 0 Å². The van der Waals surface area contributed by atoms with E-state index in [0.29, 0.717) is 11.1 Å². The second-order valence-electron chi connectivity index (χ2n) is 6.84. The first-order valence-corrected chi connectivity index (χ1v) is 22.1. The van der Waals surface area contributed by atoms with Crippen molar-refractivity contribution in [1.29, 1.82) is 0 Å². The Labute approximate surface area is 216 Å². The molecule has 0 aromatic heterocycles. The van der Waals surface area contributed by atoms with Crippen molar-refractivity contribution < 1.29 is 101 Å². The summed E-state index contributed by atoms with van der Waals surface area (Å²) in [5, 5.41) is 0. The molecule has 0 saturated heterocycles. The molecule has 0 aliphatic carbocycles. The molecule has 0 fully saturated rings. The van der Waals surface area contributed by atoms with Crippen molar-refractivity contribution in [3.63, 3.8) is 0 Å². The fourth-order valence-corrected chi connectivity index (χ4v) is 11.3. The Morgan fingerprint density at radius 2 is 0.971 bits per heavy atom. The zero-order valence-electron chi connectivity index (χ0n) is 17.5. The molecule has 0 saturated carbocycles. The fourth-order valence-electron chi connectivity index (χ4n) is 2.69. The summed E-state index contributed by atoms with van der Waals surface area (Å²) in [6.45, 7) is 0. The van der Waals surface area contributed by atoms with Gasteiger partial charge in [-0.1, -0.05) is 0 Å². The van der Waals surface area contributed by atoms with Crippen molar-refractivity contribution in [1.82, 2.24) is 0 Å². The van der Waals surface area contributed by atoms with E-state index in [4.69, 9.17) is 9.78 Å². The number of benzene rings is 2. The first-order valence-electron chi connectivity index (χ1n) is 9.88. The molecule has 178 valence electrons. The number of halogens is 6. The zero-order chi connectivity index (χ0) is 25.2. The third kappa shape index (κ3) is 10.2. The van der Waals surface area contributed by atoms with E-state index in [9.17, 15) is 35.9 Å². The van der Waals surface area contributed by atoms with Crippen LogP contribution in [0.4, 0.5) is 26.3 Å². The average Bonchev–Trinajstić information content (AvgIpc) is 2.79. The van der Waals surface area contributed by atoms with Gasteiger partial charge in [-0.25, -0.2) is 0 Å². The summed E-state index contributed by atoms with van der Waals surface area (Å²) in [6.07, 6.45) is -11.9. The molecule has 2 unspecified atom stereocenters. The van der Waals surface area contributed by atoms with Crippen LogP contribution in [0.2, 0.25) is 7.86 Å². The second-order valence-corrected chi connectivity index (χ2v) is 16.7. The van der Waals surface area contributed by atoms with Gasteiger partial charge in [0.2, 0.25) is 0 Å². The summed E-state index contributed by atoms with van der Waals surface area (Å²) in [6, 6.07) is 16.7. The number of carbonyl (C=O) groups excluding carboxylic acids is 2. The molecule has 0 radical (unpaired) electrons. The predicted octanol–water partition coefficient (Wildman–Crippen LogP) is 5.46. The first kappa shape index (κ1) is 29.0. The van der Waals surface area contributed by atoms with Crippen LogP contribution in [0, 0.1) is 0 Å². The van der Waals surface area contributed by atoms with Gasteiger partial charge < -0.3 is 0 Å². The Bertz CT molecular complexity index is 836. The van der Waals surface area contributed by atoms with Gasteiger partial charge in [0.1, 0.15) is 0 Å². The number of rotatable bonds is 11. The van der Waals surface area contributed by atoms with Crippen molar-refractivity contribution in [2.45, 2.75) is 32.4 Å². The Morgan fingerprint density at radius 3 is 1.26 bits per heavy atom. The summed E-state index contributed by atoms with van der Waals surface area (Å²) in [7, 11) is 0. The second kappa shape index (κ2) is 13.7. The normalized spacial score (nSPS) is 13.2. The maximum atomic E-state index is 12.4. The summed E-state index contributed by atoms with van der Waals surface area (Å²) in [4.78, 5) is 33.0. The van der Waals surface area contributed by atoms with Crippen LogP contribution in [-0.2, 0) is 74.7 Å². The van der Waals surface area contributed by atoms with E-state index in [1.165, 1.54) is 0 Å². The van der Waals surface area contributed by atoms with Crippen molar-refractivity contribution in [2.24, 2.45) is 0 Å². The summed E-state index contributed by atoms with van der Waals surface area (Å²) < 4.78 is 83.3. The quantitative estimate of drug-likeness (QED) is 0.130. The fraction of sp³-hybridized carbons (Fsp3) is 0.300. The van der Waals surface area contributed by atoms with Gasteiger partial charge in [0.05, 0.1) is 0 Å². The van der Waals surface area contributed by atoms with Gasteiger partial charge >= 0.3 is 217 Å². The van der Waals surface area contributed by atoms with E-state index in [2.05, 4.69) is 5.29 Å². The Balaban J connectivity index is 2.06. The van der Waals surface area contributed by atoms with Crippen molar-refractivity contribution in [2.75, 3.05) is 0 Å². The number of hydrogen-bond donors (Lipinski definition) is 0. The molecule has 6 nitrogen and oxygen atoms in total. The molecular weight excluding hydrogens is 851 g/mol. The van der Waals surface area contributed by atoms with E-state index < -0.39 is 86.6 Å². The number of alkyl halides is 6. The summed E-state index contributed by atoms with van der Waals surface area (Å²) in [5.74, 6) is -4.49. The number of carbonyl (C=O) groups is 2. The van der Waals surface area contributed by atoms with Crippen molar-refractivity contribution in [3.05, 3.63) is 71.8 Å². The van der Waals surface area contributed by atoms with Crippen LogP contribution in [0.3, 0.4) is 0 Å². The summed E-state index contributed by atoms with van der Waals surface area (Å²) in [5.41, 5.74) is 1.12. The molecule has 0 aliphatic heterocycles. The van der Waals surface area contributed by atoms with Crippen LogP contribution in [-0.4, -0.2) is 24.3 Å². The average molecular weight is 868 g/mol. The zero-order valence-corrected chi connectivity index (χ0v) is 28.5. The monoisotopic (exact) mass is 870 g/mol. The van der Waals surface area contributed by atoms with E-state index in [1.54, 1.807) is 60.7 Å². The van der Waals surface area contributed by atoms with Crippen LogP contribution in [0.25, 0.3) is 0 Å². The SMILES string of the molecule is O=C([O][Hg][CH2]C(OOC([CH2][Hg][O]C(=O)C(F)(F)F)c1ccccc1)c1ccccc1)C(F)(F)F. The van der Waals surface area contributed by atoms with Gasteiger partial charge in [0, 0.05) is 0 Å². The Morgan fingerprint density at radius 1 is 0.647 bits per heavy atom. The molecule has 2 aromatic rings. The van der Waals surface area contributed by atoms with Gasteiger partial charge in [-0.3, -0.25) is 0 Å². The maximum absolute atomic E-state index is 12.4. The molecule has 2 aromatic carbocycles. The van der Waals surface area contributed by atoms with E-state index in [1.807, 2.05) is 0 Å². The van der Waals surface area contributed by atoms with Gasteiger partial charge in [0.15, 0.2) is 0 Å². The molecule has 0 N–H and O–H groups in total. The minimum absolute atomic E-state index is 0.0285. The van der Waals surface area contributed by atoms with Crippen LogP contribution in [0.15, 0.2) is 60.7 Å². The standard InChI is InChI=1S/C16H16O2.2C2HF3O2.2Hg/c1-13(15-9-5-3-6-10-15)17-18-14(2)16-11-7-4-8-12-16;2*3-2(4,5)1(6)7;;/h3-14H,1-2H2;2*(H,6,7);;/q;;;2*+1/p-2. The molecule has 0 heterocycles.